The van der Waals surface area contributed by atoms with Crippen LogP contribution in [-0.2, 0) is 0 Å². The van der Waals surface area contributed by atoms with Crippen molar-refractivity contribution in [3.8, 4) is 0 Å². The maximum Gasteiger partial charge on any atom is 0.218 e. The molecule has 0 saturated heterocycles. The zero-order valence-corrected chi connectivity index (χ0v) is 7.63. The second kappa shape index (κ2) is 4.50. The number of hydrogen-bond acceptors (Lipinski definition) is 3. The Hall–Kier alpha value is -0.710. The van der Waals surface area contributed by atoms with E-state index in [4.69, 9.17) is 17.3 Å². The van der Waals surface area contributed by atoms with Crippen LogP contribution in [0.1, 0.15) is 18.1 Å². The van der Waals surface area contributed by atoms with Crippen LogP contribution in [-0.4, -0.2) is 16.6 Å². The van der Waals surface area contributed by atoms with Crippen molar-refractivity contribution in [2.75, 3.05) is 6.54 Å². The topological polar surface area (TPSA) is 59.1 Å². The van der Waals surface area contributed by atoms with E-state index < -0.39 is 12.1 Å². The smallest absolute Gasteiger partial charge is 0.218 e. The molecule has 0 aliphatic heterocycles. The average Bonchev–Trinajstić information content (AvgIpc) is 2.09. The molecular formula is C8H10ClFN2O. The normalized spacial score (nSPS) is 12.9. The second-order valence-corrected chi connectivity index (χ2v) is 3.06. The number of aliphatic hydroxyl groups excluding tert-OH is 1. The largest absolute Gasteiger partial charge is 0.388 e. The maximum atomic E-state index is 13.0. The summed E-state index contributed by atoms with van der Waals surface area (Å²) < 4.78 is 13.0. The summed E-state index contributed by atoms with van der Waals surface area (Å²) in [6, 6.07) is 1.35. The summed E-state index contributed by atoms with van der Waals surface area (Å²) in [4.78, 5) is 3.38. The van der Waals surface area contributed by atoms with E-state index in [1.165, 1.54) is 12.3 Å². The Balaban J connectivity index is 2.91. The van der Waals surface area contributed by atoms with Crippen LogP contribution in [0.2, 0.25) is 5.02 Å². The summed E-state index contributed by atoms with van der Waals surface area (Å²) >= 11 is 5.59. The van der Waals surface area contributed by atoms with Gasteiger partial charge in [0.15, 0.2) is 0 Å². The van der Waals surface area contributed by atoms with Crippen LogP contribution in [0.4, 0.5) is 4.39 Å². The molecule has 0 saturated carbocycles. The van der Waals surface area contributed by atoms with E-state index in [1.54, 1.807) is 0 Å². The van der Waals surface area contributed by atoms with Crippen molar-refractivity contribution < 1.29 is 9.50 Å². The molecule has 0 aromatic carbocycles. The number of hydrogen-bond donors (Lipinski definition) is 2. The molecule has 0 aliphatic rings. The van der Waals surface area contributed by atoms with Crippen molar-refractivity contribution >= 4 is 11.6 Å². The summed E-state index contributed by atoms with van der Waals surface area (Å²) in [7, 11) is 0. The predicted octanol–water partition coefficient (Wildman–Crippen LogP) is 1.26. The number of halogens is 2. The third-order valence-corrected chi connectivity index (χ3v) is 1.84. The predicted molar refractivity (Wildman–Crippen MR) is 47.8 cm³/mol. The van der Waals surface area contributed by atoms with Crippen molar-refractivity contribution in [3.63, 3.8) is 0 Å². The number of aromatic nitrogens is 1. The van der Waals surface area contributed by atoms with Gasteiger partial charge in [-0.15, -0.1) is 0 Å². The van der Waals surface area contributed by atoms with Crippen molar-refractivity contribution in [2.24, 2.45) is 5.73 Å². The van der Waals surface area contributed by atoms with E-state index in [0.717, 1.165) is 0 Å². The molecule has 0 spiro atoms. The molecule has 0 aliphatic carbocycles. The highest BCUT2D eigenvalue weighted by Crippen LogP contribution is 2.21. The lowest BCUT2D eigenvalue weighted by atomic mass is 10.1. The van der Waals surface area contributed by atoms with Gasteiger partial charge in [-0.25, -0.2) is 4.98 Å². The molecule has 0 amide bonds. The molecule has 5 heteroatoms. The summed E-state index contributed by atoms with van der Waals surface area (Å²) in [5.41, 5.74) is 5.31. The Bertz CT molecular complexity index is 295. The Kier molecular flexibility index (Phi) is 3.59. The number of nitrogens with zero attached hydrogens (tertiary/aromatic N) is 1. The van der Waals surface area contributed by atoms with Crippen LogP contribution in [0, 0.1) is 5.95 Å². The standard InChI is InChI=1S/C8H10ClFN2O/c9-5-3-6(7(13)1-2-11)8(10)12-4-5/h3-4,7,13H,1-2,11H2. The fraction of sp³-hybridized carbons (Fsp3) is 0.375. The number of pyridine rings is 1. The van der Waals surface area contributed by atoms with Gasteiger partial charge >= 0.3 is 0 Å². The lowest BCUT2D eigenvalue weighted by Crippen LogP contribution is -2.08. The number of rotatable bonds is 3. The Morgan fingerprint density at radius 1 is 1.69 bits per heavy atom. The minimum atomic E-state index is -0.934. The highest BCUT2D eigenvalue weighted by molar-refractivity contribution is 6.30. The molecule has 1 unspecified atom stereocenters. The first-order valence-electron chi connectivity index (χ1n) is 3.84. The van der Waals surface area contributed by atoms with Crippen molar-refractivity contribution in [1.29, 1.82) is 0 Å². The van der Waals surface area contributed by atoms with Crippen LogP contribution < -0.4 is 5.73 Å². The zero-order chi connectivity index (χ0) is 9.84. The second-order valence-electron chi connectivity index (χ2n) is 2.63. The summed E-state index contributed by atoms with van der Waals surface area (Å²) in [6.07, 6.45) is 0.547. The van der Waals surface area contributed by atoms with Gasteiger partial charge in [-0.1, -0.05) is 11.6 Å². The first-order valence-corrected chi connectivity index (χ1v) is 4.22. The van der Waals surface area contributed by atoms with Crippen LogP contribution in [0.5, 0.6) is 0 Å². The highest BCUT2D eigenvalue weighted by Gasteiger charge is 2.13. The average molecular weight is 205 g/mol. The molecule has 13 heavy (non-hydrogen) atoms. The van der Waals surface area contributed by atoms with E-state index in [9.17, 15) is 9.50 Å². The molecule has 0 fully saturated rings. The van der Waals surface area contributed by atoms with Crippen LogP contribution in [0.25, 0.3) is 0 Å². The van der Waals surface area contributed by atoms with Gasteiger partial charge in [-0.05, 0) is 19.0 Å². The van der Waals surface area contributed by atoms with E-state index in [1.807, 2.05) is 0 Å². The monoisotopic (exact) mass is 204 g/mol. The molecule has 0 bridgehead atoms. The molecule has 1 heterocycles. The van der Waals surface area contributed by atoms with E-state index in [-0.39, 0.29) is 12.1 Å². The number of nitrogens with two attached hydrogens (primary N) is 1. The van der Waals surface area contributed by atoms with E-state index in [0.29, 0.717) is 11.4 Å². The van der Waals surface area contributed by atoms with Crippen LogP contribution in [0.15, 0.2) is 12.3 Å². The lowest BCUT2D eigenvalue weighted by molar-refractivity contribution is 0.164. The lowest BCUT2D eigenvalue weighted by Gasteiger charge is -2.09. The molecular weight excluding hydrogens is 195 g/mol. The van der Waals surface area contributed by atoms with Gasteiger partial charge in [0, 0.05) is 11.8 Å². The van der Waals surface area contributed by atoms with Crippen molar-refractivity contribution in [3.05, 3.63) is 28.8 Å². The Labute approximate surface area is 80.3 Å². The third kappa shape index (κ3) is 2.62. The molecule has 1 aromatic rings. The fourth-order valence-corrected chi connectivity index (χ4v) is 1.15. The molecule has 1 aromatic heterocycles. The van der Waals surface area contributed by atoms with Gasteiger partial charge < -0.3 is 10.8 Å². The van der Waals surface area contributed by atoms with Gasteiger partial charge in [-0.3, -0.25) is 0 Å². The Morgan fingerprint density at radius 3 is 3.00 bits per heavy atom. The number of aliphatic hydroxyl groups is 1. The van der Waals surface area contributed by atoms with Gasteiger partial charge in [0.2, 0.25) is 5.95 Å². The van der Waals surface area contributed by atoms with Crippen LogP contribution >= 0.6 is 11.6 Å². The third-order valence-electron chi connectivity index (χ3n) is 1.63. The minimum absolute atomic E-state index is 0.0953. The zero-order valence-electron chi connectivity index (χ0n) is 6.87. The van der Waals surface area contributed by atoms with Gasteiger partial charge in [0.1, 0.15) is 0 Å². The SMILES string of the molecule is NCCC(O)c1cc(Cl)cnc1F. The molecule has 1 rings (SSSR count). The van der Waals surface area contributed by atoms with E-state index >= 15 is 0 Å². The minimum Gasteiger partial charge on any atom is -0.388 e. The Morgan fingerprint density at radius 2 is 2.38 bits per heavy atom. The van der Waals surface area contributed by atoms with Crippen molar-refractivity contribution in [2.45, 2.75) is 12.5 Å². The molecule has 3 nitrogen and oxygen atoms in total. The summed E-state index contributed by atoms with van der Waals surface area (Å²) in [6.45, 7) is 0.285. The first kappa shape index (κ1) is 10.4. The molecule has 3 N–H and O–H groups in total. The quantitative estimate of drug-likeness (QED) is 0.729. The summed E-state index contributed by atoms with van der Waals surface area (Å²) in [5.74, 6) is -0.703. The molecule has 0 radical (unpaired) electrons. The summed E-state index contributed by atoms with van der Waals surface area (Å²) in [5, 5.41) is 9.71. The highest BCUT2D eigenvalue weighted by atomic mass is 35.5. The van der Waals surface area contributed by atoms with Gasteiger partial charge in [-0.2, -0.15) is 4.39 Å². The van der Waals surface area contributed by atoms with Gasteiger partial charge in [0.25, 0.3) is 0 Å². The molecule has 72 valence electrons. The van der Waals surface area contributed by atoms with Crippen LogP contribution in [0.3, 0.4) is 0 Å². The first-order chi connectivity index (χ1) is 6.15. The molecule has 1 atom stereocenters. The maximum absolute atomic E-state index is 13.0. The fourth-order valence-electron chi connectivity index (χ4n) is 0.985. The van der Waals surface area contributed by atoms with Gasteiger partial charge in [0.05, 0.1) is 11.1 Å². The van der Waals surface area contributed by atoms with Crippen molar-refractivity contribution in [1.82, 2.24) is 4.98 Å². The van der Waals surface area contributed by atoms with E-state index in [2.05, 4.69) is 4.98 Å².